The summed E-state index contributed by atoms with van der Waals surface area (Å²) in [6.07, 6.45) is 3.23. The van der Waals surface area contributed by atoms with Crippen molar-refractivity contribution < 1.29 is 18.4 Å². The van der Waals surface area contributed by atoms with Gasteiger partial charge in [-0.05, 0) is 71.5 Å². The van der Waals surface area contributed by atoms with Crippen LogP contribution in [-0.4, -0.2) is 21.5 Å². The van der Waals surface area contributed by atoms with E-state index in [9.17, 15) is 18.4 Å². The fourth-order valence-corrected chi connectivity index (χ4v) is 4.22. The van der Waals surface area contributed by atoms with Gasteiger partial charge in [-0.2, -0.15) is 0 Å². The van der Waals surface area contributed by atoms with Gasteiger partial charge in [0, 0.05) is 12.4 Å². The lowest BCUT2D eigenvalue weighted by atomic mass is 9.80. The Balaban J connectivity index is 1.83. The zero-order valence-corrected chi connectivity index (χ0v) is 17.2. The number of hydrogen-bond donors (Lipinski definition) is 0. The minimum atomic E-state index is -0.696. The van der Waals surface area contributed by atoms with Gasteiger partial charge in [0.15, 0.2) is 0 Å². The van der Waals surface area contributed by atoms with Crippen LogP contribution in [0.15, 0.2) is 60.9 Å². The molecule has 2 aromatic heterocycles. The number of carbonyl (C=O) groups is 2. The van der Waals surface area contributed by atoms with Crippen molar-refractivity contribution in [3.63, 3.8) is 0 Å². The Morgan fingerprint density at radius 1 is 0.562 bits per heavy atom. The van der Waals surface area contributed by atoms with Gasteiger partial charge < -0.3 is 0 Å². The van der Waals surface area contributed by atoms with Crippen LogP contribution in [-0.2, 0) is 0 Å². The highest BCUT2D eigenvalue weighted by atomic mass is 19.1. The largest absolute Gasteiger partial charge is 0.285 e. The summed E-state index contributed by atoms with van der Waals surface area (Å²) in [5.74, 6) is -2.19. The van der Waals surface area contributed by atoms with Crippen LogP contribution in [0.5, 0.6) is 0 Å². The maximum atomic E-state index is 13.5. The van der Waals surface area contributed by atoms with Gasteiger partial charge in [-0.15, -0.1) is 0 Å². The zero-order chi connectivity index (χ0) is 22.6. The smallest absolute Gasteiger partial charge is 0.236 e. The second kappa shape index (κ2) is 7.27. The first-order valence-electron chi connectivity index (χ1n) is 9.97. The van der Waals surface area contributed by atoms with Crippen LogP contribution in [0.3, 0.4) is 0 Å². The molecule has 0 N–H and O–H groups in total. The molecule has 0 atom stereocenters. The fourth-order valence-electron chi connectivity index (χ4n) is 4.22. The van der Waals surface area contributed by atoms with Crippen molar-refractivity contribution in [1.29, 1.82) is 0 Å². The molecule has 0 fully saturated rings. The number of nitrogens with zero attached hydrogens (tertiary/aromatic N) is 2. The maximum absolute atomic E-state index is 13.5. The van der Waals surface area contributed by atoms with Crippen molar-refractivity contribution in [2.45, 2.75) is 13.8 Å². The molecule has 6 heteroatoms. The molecule has 0 saturated carbocycles. The minimum absolute atomic E-state index is 0.163. The van der Waals surface area contributed by atoms with E-state index in [1.165, 1.54) is 24.3 Å². The van der Waals surface area contributed by atoms with Gasteiger partial charge in [0.2, 0.25) is 11.6 Å². The Morgan fingerprint density at radius 2 is 0.906 bits per heavy atom. The summed E-state index contributed by atoms with van der Waals surface area (Å²) in [5.41, 5.74) is 4.59. The highest BCUT2D eigenvalue weighted by Gasteiger charge is 2.37. The van der Waals surface area contributed by atoms with Crippen molar-refractivity contribution in [2.75, 3.05) is 0 Å². The Bertz CT molecular complexity index is 1320. The molecule has 0 unspecified atom stereocenters. The number of aromatic nitrogens is 2. The van der Waals surface area contributed by atoms with Crippen LogP contribution in [0.1, 0.15) is 31.8 Å². The third-order valence-electron chi connectivity index (χ3n) is 5.69. The van der Waals surface area contributed by atoms with Crippen molar-refractivity contribution >= 4 is 11.6 Å². The Labute approximate surface area is 182 Å². The average molecular weight is 426 g/mol. The van der Waals surface area contributed by atoms with E-state index in [4.69, 9.17) is 0 Å². The molecule has 2 heterocycles. The van der Waals surface area contributed by atoms with E-state index in [2.05, 4.69) is 9.97 Å². The van der Waals surface area contributed by atoms with Gasteiger partial charge in [0.05, 0.1) is 11.1 Å². The number of hydrogen-bond acceptors (Lipinski definition) is 4. The number of ketones is 2. The molecule has 32 heavy (non-hydrogen) atoms. The number of benzene rings is 2. The van der Waals surface area contributed by atoms with Crippen LogP contribution in [0.2, 0.25) is 0 Å². The Hall–Kier alpha value is -4.06. The van der Waals surface area contributed by atoms with Crippen LogP contribution < -0.4 is 0 Å². The van der Waals surface area contributed by atoms with E-state index in [0.29, 0.717) is 44.8 Å². The first kappa shape index (κ1) is 19.9. The summed E-state index contributed by atoms with van der Waals surface area (Å²) < 4.78 is 27.0. The van der Waals surface area contributed by atoms with E-state index in [-0.39, 0.29) is 11.1 Å². The number of Topliss-reactive ketones (excluding diaryl/α,β-unsaturated/α-hetero) is 2. The quantitative estimate of drug-likeness (QED) is 0.383. The first-order valence-corrected chi connectivity index (χ1v) is 9.97. The summed E-state index contributed by atoms with van der Waals surface area (Å²) in [7, 11) is 0. The predicted molar refractivity (Wildman–Crippen MR) is 116 cm³/mol. The number of fused-ring (bicyclic) bond motifs is 3. The van der Waals surface area contributed by atoms with E-state index in [0.717, 1.165) is 0 Å². The predicted octanol–water partition coefficient (Wildman–Crippen LogP) is 5.75. The molecule has 1 aliphatic rings. The molecular weight excluding hydrogens is 410 g/mol. The third-order valence-corrected chi connectivity index (χ3v) is 5.69. The normalized spacial score (nSPS) is 12.5. The highest BCUT2D eigenvalue weighted by molar-refractivity contribution is 6.54. The summed E-state index contributed by atoms with van der Waals surface area (Å²) in [6.45, 7) is 3.57. The molecule has 2 aromatic carbocycles. The molecule has 0 amide bonds. The summed E-state index contributed by atoms with van der Waals surface area (Å²) in [5, 5.41) is 0. The SMILES string of the molecule is Cc1cnc2c(c1-c1ccc(F)cc1)C(=O)C(=O)c1c-2ncc(C)c1-c1ccc(F)cc1. The highest BCUT2D eigenvalue weighted by Crippen LogP contribution is 2.42. The maximum Gasteiger partial charge on any atom is 0.236 e. The number of pyridine rings is 2. The van der Waals surface area contributed by atoms with Gasteiger partial charge in [0.25, 0.3) is 0 Å². The molecular formula is C26H16F2N2O2. The Morgan fingerprint density at radius 3 is 1.25 bits per heavy atom. The fraction of sp³-hybridized carbons (Fsp3) is 0.0769. The molecule has 4 aromatic rings. The van der Waals surface area contributed by atoms with Gasteiger partial charge in [-0.3, -0.25) is 19.6 Å². The van der Waals surface area contributed by atoms with Gasteiger partial charge in [-0.1, -0.05) is 24.3 Å². The summed E-state index contributed by atoms with van der Waals surface area (Å²) >= 11 is 0. The van der Waals surface area contributed by atoms with E-state index < -0.39 is 23.2 Å². The lowest BCUT2D eigenvalue weighted by Crippen LogP contribution is -2.25. The van der Waals surface area contributed by atoms with Crippen LogP contribution in [0.4, 0.5) is 8.78 Å². The first-order chi connectivity index (χ1) is 15.4. The lowest BCUT2D eigenvalue weighted by Gasteiger charge is -2.23. The summed E-state index contributed by atoms with van der Waals surface area (Å²) in [6, 6.07) is 11.5. The molecule has 0 aliphatic heterocycles. The average Bonchev–Trinajstić information content (AvgIpc) is 2.79. The number of carbonyl (C=O) groups excluding carboxylic acids is 2. The van der Waals surface area contributed by atoms with Crippen LogP contribution >= 0.6 is 0 Å². The van der Waals surface area contributed by atoms with Crippen LogP contribution in [0.25, 0.3) is 33.6 Å². The summed E-state index contributed by atoms with van der Waals surface area (Å²) in [4.78, 5) is 35.7. The Kier molecular flexibility index (Phi) is 4.51. The van der Waals surface area contributed by atoms with Gasteiger partial charge >= 0.3 is 0 Å². The van der Waals surface area contributed by atoms with Crippen molar-refractivity contribution in [1.82, 2.24) is 9.97 Å². The lowest BCUT2D eigenvalue weighted by molar-refractivity contribution is 0.0815. The van der Waals surface area contributed by atoms with Crippen molar-refractivity contribution in [3.8, 4) is 33.6 Å². The molecule has 0 bridgehead atoms. The van der Waals surface area contributed by atoms with Crippen molar-refractivity contribution in [2.24, 2.45) is 0 Å². The number of aryl methyl sites for hydroxylation is 2. The van der Waals surface area contributed by atoms with E-state index in [1.807, 2.05) is 0 Å². The second-order valence-electron chi connectivity index (χ2n) is 7.75. The molecule has 1 aliphatic carbocycles. The number of rotatable bonds is 2. The molecule has 0 spiro atoms. The van der Waals surface area contributed by atoms with Gasteiger partial charge in [-0.25, -0.2) is 8.78 Å². The van der Waals surface area contributed by atoms with E-state index >= 15 is 0 Å². The van der Waals surface area contributed by atoms with Gasteiger partial charge in [0.1, 0.15) is 23.0 Å². The number of halogens is 2. The third kappa shape index (κ3) is 2.95. The minimum Gasteiger partial charge on any atom is -0.285 e. The topological polar surface area (TPSA) is 59.9 Å². The van der Waals surface area contributed by atoms with Crippen molar-refractivity contribution in [3.05, 3.63) is 94.8 Å². The standard InChI is InChI=1S/C26H16F2N2O2/c1-13-11-29-23-21(19(13)15-3-7-17(27)8-4-15)25(31)26(32)22-20(14(2)12-30-24(22)23)16-5-9-18(28)10-6-16/h3-12H,1-2H3. The molecule has 0 radical (unpaired) electrons. The molecule has 156 valence electrons. The second-order valence-corrected chi connectivity index (χ2v) is 7.75. The molecule has 0 saturated heterocycles. The monoisotopic (exact) mass is 426 g/mol. The van der Waals surface area contributed by atoms with E-state index in [1.54, 1.807) is 50.5 Å². The zero-order valence-electron chi connectivity index (χ0n) is 17.2. The van der Waals surface area contributed by atoms with Crippen LogP contribution in [0, 0.1) is 25.5 Å². The molecule has 5 rings (SSSR count). The molecule has 4 nitrogen and oxygen atoms in total.